The molecule has 1 rings (SSSR count). The van der Waals surface area contributed by atoms with Crippen molar-refractivity contribution in [3.8, 4) is 0 Å². The Morgan fingerprint density at radius 3 is 2.92 bits per heavy atom. The highest BCUT2D eigenvalue weighted by atomic mass is 16.5. The molecule has 0 aliphatic heterocycles. The average Bonchev–Trinajstić information content (AvgIpc) is 2.43. The van der Waals surface area contributed by atoms with Crippen LogP contribution >= 0.6 is 0 Å². The molecule has 1 heterocycles. The minimum atomic E-state index is 0.0386. The molecule has 0 N–H and O–H groups in total. The quantitative estimate of drug-likeness (QED) is 0.653. The van der Waals surface area contributed by atoms with Crippen LogP contribution in [0.1, 0.15) is 23.1 Å². The summed E-state index contributed by atoms with van der Waals surface area (Å²) < 4.78 is 6.60. The number of rotatable bonds is 4. The Bertz CT molecular complexity index is 305. The largest absolute Gasteiger partial charge is 0.383 e. The number of ketones is 1. The van der Waals surface area contributed by atoms with E-state index in [1.165, 1.54) is 0 Å². The van der Waals surface area contributed by atoms with Crippen molar-refractivity contribution in [2.45, 2.75) is 20.4 Å². The Kier molecular flexibility index (Phi) is 3.19. The summed E-state index contributed by atoms with van der Waals surface area (Å²) in [4.78, 5) is 11.1. The molecule has 0 amide bonds. The van der Waals surface area contributed by atoms with Gasteiger partial charge >= 0.3 is 0 Å². The first-order valence-corrected chi connectivity index (χ1v) is 4.19. The first kappa shape index (κ1) is 9.92. The van der Waals surface area contributed by atoms with Gasteiger partial charge < -0.3 is 4.74 Å². The molecule has 0 saturated heterocycles. The lowest BCUT2D eigenvalue weighted by Crippen LogP contribution is -2.11. The van der Waals surface area contributed by atoms with Crippen molar-refractivity contribution in [1.82, 2.24) is 9.78 Å². The molecule has 0 saturated carbocycles. The van der Waals surface area contributed by atoms with Gasteiger partial charge in [-0.05, 0) is 13.0 Å². The van der Waals surface area contributed by atoms with Crippen LogP contribution in [0.25, 0.3) is 0 Å². The van der Waals surface area contributed by atoms with Crippen LogP contribution in [0, 0.1) is 6.92 Å². The predicted molar refractivity (Wildman–Crippen MR) is 48.8 cm³/mol. The maximum atomic E-state index is 11.1. The lowest BCUT2D eigenvalue weighted by atomic mass is 10.3. The van der Waals surface area contributed by atoms with Crippen molar-refractivity contribution in [3.63, 3.8) is 0 Å². The molecule has 4 nitrogen and oxygen atoms in total. The lowest BCUT2D eigenvalue weighted by Gasteiger charge is -2.03. The maximum Gasteiger partial charge on any atom is 0.177 e. The second-order valence-electron chi connectivity index (χ2n) is 2.94. The second-order valence-corrected chi connectivity index (χ2v) is 2.94. The van der Waals surface area contributed by atoms with Crippen LogP contribution in [0.4, 0.5) is 0 Å². The molecule has 72 valence electrons. The molecule has 13 heavy (non-hydrogen) atoms. The number of hydrogen-bond donors (Lipinski definition) is 0. The van der Waals surface area contributed by atoms with E-state index in [0.717, 1.165) is 5.69 Å². The molecule has 0 bridgehead atoms. The zero-order chi connectivity index (χ0) is 9.84. The first-order valence-electron chi connectivity index (χ1n) is 4.19. The van der Waals surface area contributed by atoms with Crippen molar-refractivity contribution in [3.05, 3.63) is 17.5 Å². The van der Waals surface area contributed by atoms with Crippen LogP contribution in [0.15, 0.2) is 6.07 Å². The third kappa shape index (κ3) is 2.39. The van der Waals surface area contributed by atoms with E-state index in [4.69, 9.17) is 4.74 Å². The standard InChI is InChI=1S/C9H14N2O2/c1-7-6-9(8(2)12)11(10-7)4-5-13-3/h6H,4-5H2,1-3H3. The van der Waals surface area contributed by atoms with Gasteiger partial charge in [-0.3, -0.25) is 9.48 Å². The number of carbonyl (C=O) groups excluding carboxylic acids is 1. The smallest absolute Gasteiger partial charge is 0.177 e. The minimum Gasteiger partial charge on any atom is -0.383 e. The van der Waals surface area contributed by atoms with E-state index in [2.05, 4.69) is 5.10 Å². The third-order valence-corrected chi connectivity index (χ3v) is 1.77. The molecule has 0 unspecified atom stereocenters. The van der Waals surface area contributed by atoms with Crippen LogP contribution in [0.2, 0.25) is 0 Å². The molecule has 0 radical (unpaired) electrons. The number of ether oxygens (including phenoxy) is 1. The van der Waals surface area contributed by atoms with Gasteiger partial charge in [0, 0.05) is 14.0 Å². The van der Waals surface area contributed by atoms with Crippen LogP contribution < -0.4 is 0 Å². The summed E-state index contributed by atoms with van der Waals surface area (Å²) in [7, 11) is 1.63. The van der Waals surface area contributed by atoms with Gasteiger partial charge in [-0.2, -0.15) is 5.10 Å². The number of hydrogen-bond acceptors (Lipinski definition) is 3. The summed E-state index contributed by atoms with van der Waals surface area (Å²) in [5, 5.41) is 4.19. The summed E-state index contributed by atoms with van der Waals surface area (Å²) >= 11 is 0. The van der Waals surface area contributed by atoms with E-state index < -0.39 is 0 Å². The first-order chi connectivity index (χ1) is 6.15. The van der Waals surface area contributed by atoms with Gasteiger partial charge in [0.2, 0.25) is 0 Å². The number of aryl methyl sites for hydroxylation is 1. The average molecular weight is 182 g/mol. The van der Waals surface area contributed by atoms with Gasteiger partial charge in [0.05, 0.1) is 18.8 Å². The van der Waals surface area contributed by atoms with Crippen LogP contribution in [-0.4, -0.2) is 29.3 Å². The van der Waals surface area contributed by atoms with Gasteiger partial charge in [-0.25, -0.2) is 0 Å². The molecule has 0 spiro atoms. The van der Waals surface area contributed by atoms with E-state index in [1.807, 2.05) is 6.92 Å². The van der Waals surface area contributed by atoms with E-state index in [1.54, 1.807) is 24.8 Å². The summed E-state index contributed by atoms with van der Waals surface area (Å²) in [6.07, 6.45) is 0. The van der Waals surface area contributed by atoms with E-state index >= 15 is 0 Å². The zero-order valence-electron chi connectivity index (χ0n) is 8.20. The Balaban J connectivity index is 2.84. The van der Waals surface area contributed by atoms with Crippen LogP contribution in [0.3, 0.4) is 0 Å². The Labute approximate surface area is 77.5 Å². The van der Waals surface area contributed by atoms with Gasteiger partial charge in [-0.1, -0.05) is 0 Å². The molecule has 1 aromatic rings. The maximum absolute atomic E-state index is 11.1. The second kappa shape index (κ2) is 4.18. The van der Waals surface area contributed by atoms with Crippen molar-refractivity contribution < 1.29 is 9.53 Å². The predicted octanol–water partition coefficient (Wildman–Crippen LogP) is 1.04. The zero-order valence-corrected chi connectivity index (χ0v) is 8.20. The number of methoxy groups -OCH3 is 1. The van der Waals surface area contributed by atoms with Crippen molar-refractivity contribution in [1.29, 1.82) is 0 Å². The molecule has 0 fully saturated rings. The third-order valence-electron chi connectivity index (χ3n) is 1.77. The van der Waals surface area contributed by atoms with E-state index in [9.17, 15) is 4.79 Å². The fraction of sp³-hybridized carbons (Fsp3) is 0.556. The van der Waals surface area contributed by atoms with Gasteiger partial charge in [-0.15, -0.1) is 0 Å². The summed E-state index contributed by atoms with van der Waals surface area (Å²) in [6.45, 7) is 4.61. The highest BCUT2D eigenvalue weighted by molar-refractivity contribution is 5.92. The molecule has 4 heteroatoms. The highest BCUT2D eigenvalue weighted by Crippen LogP contribution is 2.04. The minimum absolute atomic E-state index is 0.0386. The monoisotopic (exact) mass is 182 g/mol. The van der Waals surface area contributed by atoms with Crippen molar-refractivity contribution >= 4 is 5.78 Å². The molecular weight excluding hydrogens is 168 g/mol. The van der Waals surface area contributed by atoms with E-state index in [0.29, 0.717) is 18.8 Å². The SMILES string of the molecule is COCCn1nc(C)cc1C(C)=O. The van der Waals surface area contributed by atoms with Crippen molar-refractivity contribution in [2.24, 2.45) is 0 Å². The molecule has 0 aromatic carbocycles. The Morgan fingerprint density at radius 1 is 1.69 bits per heavy atom. The van der Waals surface area contributed by atoms with Gasteiger partial charge in [0.25, 0.3) is 0 Å². The number of carbonyl (C=O) groups is 1. The van der Waals surface area contributed by atoms with Crippen molar-refractivity contribution in [2.75, 3.05) is 13.7 Å². The lowest BCUT2D eigenvalue weighted by molar-refractivity contribution is 0.0999. The summed E-state index contributed by atoms with van der Waals surface area (Å²) in [5.41, 5.74) is 1.51. The van der Waals surface area contributed by atoms with Gasteiger partial charge in [0.1, 0.15) is 5.69 Å². The number of aromatic nitrogens is 2. The van der Waals surface area contributed by atoms with E-state index in [-0.39, 0.29) is 5.78 Å². The van der Waals surface area contributed by atoms with Gasteiger partial charge in [0.15, 0.2) is 5.78 Å². The fourth-order valence-corrected chi connectivity index (χ4v) is 1.18. The number of Topliss-reactive ketones (excluding diaryl/α,β-unsaturated/α-hetero) is 1. The topological polar surface area (TPSA) is 44.1 Å². The molecule has 0 atom stereocenters. The Morgan fingerprint density at radius 2 is 2.38 bits per heavy atom. The molecule has 0 aliphatic carbocycles. The normalized spacial score (nSPS) is 10.4. The fourth-order valence-electron chi connectivity index (χ4n) is 1.18. The van der Waals surface area contributed by atoms with Crippen LogP contribution in [-0.2, 0) is 11.3 Å². The Hall–Kier alpha value is -1.16. The highest BCUT2D eigenvalue weighted by Gasteiger charge is 2.08. The summed E-state index contributed by atoms with van der Waals surface area (Å²) in [5.74, 6) is 0.0386. The summed E-state index contributed by atoms with van der Waals surface area (Å²) in [6, 6.07) is 1.79. The molecule has 1 aromatic heterocycles. The molecular formula is C9H14N2O2. The number of nitrogens with zero attached hydrogens (tertiary/aromatic N) is 2. The van der Waals surface area contributed by atoms with Crippen LogP contribution in [0.5, 0.6) is 0 Å². The molecule has 0 aliphatic rings.